The van der Waals surface area contributed by atoms with E-state index in [1.165, 1.54) is 6.92 Å². The minimum atomic E-state index is -0.800. The molecule has 0 aliphatic carbocycles. The minimum absolute atomic E-state index is 0.198. The standard InChI is InChI=1S/C8H8Cl2N2O/c1-4(13)7(11)8-5(9)2-3-6(10)12-8/h2-3,7H,11H2,1H3. The van der Waals surface area contributed by atoms with Crippen molar-refractivity contribution in [3.8, 4) is 0 Å². The summed E-state index contributed by atoms with van der Waals surface area (Å²) in [6.07, 6.45) is 0. The summed E-state index contributed by atoms with van der Waals surface area (Å²) in [5, 5.41) is 0.628. The monoisotopic (exact) mass is 218 g/mol. The summed E-state index contributed by atoms with van der Waals surface area (Å²) in [6.45, 7) is 1.38. The van der Waals surface area contributed by atoms with E-state index in [2.05, 4.69) is 4.98 Å². The van der Waals surface area contributed by atoms with Crippen molar-refractivity contribution in [2.24, 2.45) is 5.73 Å². The summed E-state index contributed by atoms with van der Waals surface area (Å²) < 4.78 is 0. The number of nitrogens with zero attached hydrogens (tertiary/aromatic N) is 1. The van der Waals surface area contributed by atoms with Gasteiger partial charge in [-0.2, -0.15) is 0 Å². The van der Waals surface area contributed by atoms with Crippen LogP contribution in [0, 0.1) is 0 Å². The predicted octanol–water partition coefficient (Wildman–Crippen LogP) is 1.98. The van der Waals surface area contributed by atoms with Gasteiger partial charge in [-0.1, -0.05) is 23.2 Å². The molecule has 1 heterocycles. The fraction of sp³-hybridized carbons (Fsp3) is 0.250. The average Bonchev–Trinajstić information content (AvgIpc) is 2.08. The number of Topliss-reactive ketones (excluding diaryl/α,β-unsaturated/α-hetero) is 1. The molecular formula is C8H8Cl2N2O. The van der Waals surface area contributed by atoms with Gasteiger partial charge in [0.2, 0.25) is 0 Å². The van der Waals surface area contributed by atoms with Crippen LogP contribution in [0.15, 0.2) is 12.1 Å². The molecule has 3 nitrogen and oxygen atoms in total. The second-order valence-corrected chi connectivity index (χ2v) is 3.38. The first-order valence-corrected chi connectivity index (χ1v) is 4.36. The second-order valence-electron chi connectivity index (χ2n) is 2.59. The summed E-state index contributed by atoms with van der Waals surface area (Å²) in [5.74, 6) is -0.198. The van der Waals surface area contributed by atoms with E-state index in [1.807, 2.05) is 0 Å². The van der Waals surface area contributed by atoms with Gasteiger partial charge in [0, 0.05) is 0 Å². The molecule has 2 N–H and O–H groups in total. The molecule has 0 fully saturated rings. The van der Waals surface area contributed by atoms with Crippen LogP contribution in [-0.2, 0) is 4.79 Å². The van der Waals surface area contributed by atoms with Gasteiger partial charge in [0.05, 0.1) is 10.7 Å². The molecule has 1 aromatic heterocycles. The molecule has 0 radical (unpaired) electrons. The van der Waals surface area contributed by atoms with E-state index in [0.717, 1.165) is 0 Å². The third-order valence-electron chi connectivity index (χ3n) is 1.57. The Hall–Kier alpha value is -0.640. The molecule has 1 rings (SSSR count). The lowest BCUT2D eigenvalue weighted by Gasteiger charge is -2.08. The molecule has 1 unspecified atom stereocenters. The largest absolute Gasteiger partial charge is 0.316 e. The number of aromatic nitrogens is 1. The van der Waals surface area contributed by atoms with Crippen molar-refractivity contribution in [3.63, 3.8) is 0 Å². The van der Waals surface area contributed by atoms with E-state index in [0.29, 0.717) is 10.7 Å². The Morgan fingerprint density at radius 3 is 2.69 bits per heavy atom. The van der Waals surface area contributed by atoms with Crippen LogP contribution in [-0.4, -0.2) is 10.8 Å². The fourth-order valence-electron chi connectivity index (χ4n) is 0.844. The Bertz CT molecular complexity index is 341. The molecule has 1 aromatic rings. The van der Waals surface area contributed by atoms with Crippen molar-refractivity contribution < 1.29 is 4.79 Å². The Morgan fingerprint density at radius 1 is 1.54 bits per heavy atom. The lowest BCUT2D eigenvalue weighted by Crippen LogP contribution is -2.20. The zero-order chi connectivity index (χ0) is 10.0. The van der Waals surface area contributed by atoms with E-state index in [4.69, 9.17) is 28.9 Å². The molecule has 13 heavy (non-hydrogen) atoms. The number of rotatable bonds is 2. The van der Waals surface area contributed by atoms with Gasteiger partial charge in [0.25, 0.3) is 0 Å². The van der Waals surface area contributed by atoms with Crippen LogP contribution in [0.4, 0.5) is 0 Å². The Kier molecular flexibility index (Phi) is 3.25. The van der Waals surface area contributed by atoms with Gasteiger partial charge in [-0.05, 0) is 19.1 Å². The molecule has 5 heteroatoms. The van der Waals surface area contributed by atoms with Gasteiger partial charge in [0.1, 0.15) is 11.2 Å². The van der Waals surface area contributed by atoms with Crippen molar-refractivity contribution in [1.82, 2.24) is 4.98 Å². The van der Waals surface area contributed by atoms with Crippen molar-refractivity contribution in [2.45, 2.75) is 13.0 Å². The molecule has 1 atom stereocenters. The van der Waals surface area contributed by atoms with Crippen molar-refractivity contribution >= 4 is 29.0 Å². The van der Waals surface area contributed by atoms with Gasteiger partial charge in [-0.3, -0.25) is 4.79 Å². The third-order valence-corrected chi connectivity index (χ3v) is 2.10. The summed E-state index contributed by atoms with van der Waals surface area (Å²) >= 11 is 11.4. The first-order chi connectivity index (χ1) is 6.02. The SMILES string of the molecule is CC(=O)C(N)c1nc(Cl)ccc1Cl. The highest BCUT2D eigenvalue weighted by Crippen LogP contribution is 2.21. The maximum absolute atomic E-state index is 10.9. The lowest BCUT2D eigenvalue weighted by atomic mass is 10.1. The van der Waals surface area contributed by atoms with Crippen molar-refractivity contribution in [2.75, 3.05) is 0 Å². The second kappa shape index (κ2) is 4.05. The first-order valence-electron chi connectivity index (χ1n) is 3.60. The van der Waals surface area contributed by atoms with Crippen molar-refractivity contribution in [3.05, 3.63) is 28.0 Å². The first kappa shape index (κ1) is 10.4. The number of pyridine rings is 1. The van der Waals surface area contributed by atoms with Crippen LogP contribution in [0.3, 0.4) is 0 Å². The van der Waals surface area contributed by atoms with Crippen LogP contribution >= 0.6 is 23.2 Å². The highest BCUT2D eigenvalue weighted by Gasteiger charge is 2.16. The smallest absolute Gasteiger partial charge is 0.152 e. The Morgan fingerprint density at radius 2 is 2.15 bits per heavy atom. The molecule has 0 amide bonds. The summed E-state index contributed by atoms with van der Waals surface area (Å²) in [7, 11) is 0. The van der Waals surface area contributed by atoms with Gasteiger partial charge in [-0.25, -0.2) is 4.98 Å². The lowest BCUT2D eigenvalue weighted by molar-refractivity contribution is -0.118. The maximum atomic E-state index is 10.9. The number of hydrogen-bond acceptors (Lipinski definition) is 3. The third kappa shape index (κ3) is 2.40. The van der Waals surface area contributed by atoms with Crippen LogP contribution in [0.25, 0.3) is 0 Å². The zero-order valence-electron chi connectivity index (χ0n) is 6.92. The predicted molar refractivity (Wildman–Crippen MR) is 51.9 cm³/mol. The van der Waals surface area contributed by atoms with Crippen LogP contribution in [0.1, 0.15) is 18.7 Å². The van der Waals surface area contributed by atoms with Gasteiger partial charge in [0.15, 0.2) is 5.78 Å². The highest BCUT2D eigenvalue weighted by molar-refractivity contribution is 6.32. The van der Waals surface area contributed by atoms with Gasteiger partial charge in [-0.15, -0.1) is 0 Å². The molecule has 0 aliphatic rings. The highest BCUT2D eigenvalue weighted by atomic mass is 35.5. The summed E-state index contributed by atoms with van der Waals surface area (Å²) in [6, 6.07) is 2.31. The Balaban J connectivity index is 3.12. The molecule has 0 saturated heterocycles. The van der Waals surface area contributed by atoms with E-state index in [9.17, 15) is 4.79 Å². The average molecular weight is 219 g/mol. The fourth-order valence-corrected chi connectivity index (χ4v) is 1.22. The molecule has 0 aliphatic heterocycles. The molecule has 70 valence electrons. The van der Waals surface area contributed by atoms with Gasteiger partial charge >= 0.3 is 0 Å². The van der Waals surface area contributed by atoms with Crippen LogP contribution in [0.5, 0.6) is 0 Å². The minimum Gasteiger partial charge on any atom is -0.316 e. The van der Waals surface area contributed by atoms with E-state index < -0.39 is 6.04 Å². The molecular weight excluding hydrogens is 211 g/mol. The molecule has 0 aromatic carbocycles. The number of ketones is 1. The number of carbonyl (C=O) groups excluding carboxylic acids is 1. The number of carbonyl (C=O) groups is 1. The number of halogens is 2. The Labute approximate surface area is 85.9 Å². The molecule has 0 saturated carbocycles. The number of hydrogen-bond donors (Lipinski definition) is 1. The quantitative estimate of drug-likeness (QED) is 0.773. The van der Waals surface area contributed by atoms with E-state index >= 15 is 0 Å². The van der Waals surface area contributed by atoms with E-state index in [-0.39, 0.29) is 10.9 Å². The molecule has 0 spiro atoms. The van der Waals surface area contributed by atoms with Crippen LogP contribution in [0.2, 0.25) is 10.2 Å². The van der Waals surface area contributed by atoms with Gasteiger partial charge < -0.3 is 5.73 Å². The van der Waals surface area contributed by atoms with E-state index in [1.54, 1.807) is 12.1 Å². The zero-order valence-corrected chi connectivity index (χ0v) is 8.43. The summed E-state index contributed by atoms with van der Waals surface area (Å²) in [5.41, 5.74) is 5.87. The number of nitrogens with two attached hydrogens (primary N) is 1. The molecule has 0 bridgehead atoms. The topological polar surface area (TPSA) is 56.0 Å². The normalized spacial score (nSPS) is 12.6. The summed E-state index contributed by atoms with van der Waals surface area (Å²) in [4.78, 5) is 14.8. The maximum Gasteiger partial charge on any atom is 0.152 e. The van der Waals surface area contributed by atoms with Crippen LogP contribution < -0.4 is 5.73 Å². The van der Waals surface area contributed by atoms with Crippen molar-refractivity contribution in [1.29, 1.82) is 0 Å².